The molecular weight excluding hydrogens is 485 g/mol. The number of aryl methyl sites for hydroxylation is 2. The summed E-state index contributed by atoms with van der Waals surface area (Å²) in [6.45, 7) is 3.80. The molecule has 2 heterocycles. The molecule has 198 valence electrons. The Morgan fingerprint density at radius 2 is 1.81 bits per heavy atom. The number of benzene rings is 2. The average Bonchev–Trinajstić information content (AvgIpc) is 2.89. The van der Waals surface area contributed by atoms with Gasteiger partial charge < -0.3 is 14.6 Å². The van der Waals surface area contributed by atoms with Crippen molar-refractivity contribution in [3.8, 4) is 11.5 Å². The number of aliphatic carboxylic acids is 1. The van der Waals surface area contributed by atoms with Crippen LogP contribution < -0.4 is 9.47 Å². The molecule has 0 amide bonds. The van der Waals surface area contributed by atoms with Crippen molar-refractivity contribution in [1.29, 1.82) is 0 Å². The summed E-state index contributed by atoms with van der Waals surface area (Å²) in [5, 5.41) is 11.1. The molecule has 1 N–H and O–H groups in total. The summed E-state index contributed by atoms with van der Waals surface area (Å²) in [6, 6.07) is 7.41. The Bertz CT molecular complexity index is 1250. The zero-order chi connectivity index (χ0) is 26.6. The standard InChI is InChI=1S/C28H31F3N2O4/c1-18-17-32-25-6-5-19(36-2)14-22(25)21(18)4-3-7-28(27(34)35)8-10-33(11-9-28)12-13-37-20-15-23(29)26(31)24(30)16-20/h5-6,14-17H,3-4,7-13H2,1-2H3,(H,34,35). The molecule has 1 fully saturated rings. The first-order valence-electron chi connectivity index (χ1n) is 12.4. The van der Waals surface area contributed by atoms with E-state index in [1.54, 1.807) is 7.11 Å². The molecule has 0 bridgehead atoms. The SMILES string of the molecule is COc1ccc2ncc(C)c(CCCC3(C(=O)O)CCN(CCOc4cc(F)c(F)c(F)c4)CC3)c2c1. The molecule has 1 aliphatic rings. The second-order valence-corrected chi connectivity index (χ2v) is 9.63. The molecule has 1 aromatic heterocycles. The predicted molar refractivity (Wildman–Crippen MR) is 134 cm³/mol. The van der Waals surface area contributed by atoms with Gasteiger partial charge in [-0.2, -0.15) is 0 Å². The predicted octanol–water partition coefficient (Wildman–Crippen LogP) is 5.54. The van der Waals surface area contributed by atoms with Crippen LogP contribution in [0, 0.1) is 29.8 Å². The number of carboxylic acid groups (broad SMARTS) is 1. The van der Waals surface area contributed by atoms with Gasteiger partial charge in [-0.3, -0.25) is 14.7 Å². The summed E-state index contributed by atoms with van der Waals surface area (Å²) in [5.74, 6) is -4.22. The highest BCUT2D eigenvalue weighted by Crippen LogP contribution is 2.38. The Hall–Kier alpha value is -3.33. The van der Waals surface area contributed by atoms with Crippen LogP contribution in [0.1, 0.15) is 36.8 Å². The lowest BCUT2D eigenvalue weighted by atomic mass is 9.74. The number of carbonyl (C=O) groups is 1. The number of aromatic nitrogens is 1. The molecule has 0 aliphatic carbocycles. The van der Waals surface area contributed by atoms with Crippen molar-refractivity contribution >= 4 is 16.9 Å². The minimum Gasteiger partial charge on any atom is -0.497 e. The lowest BCUT2D eigenvalue weighted by Crippen LogP contribution is -2.45. The summed E-state index contributed by atoms with van der Waals surface area (Å²) in [7, 11) is 1.63. The third-order valence-corrected chi connectivity index (χ3v) is 7.38. The quantitative estimate of drug-likeness (QED) is 0.357. The molecular formula is C28H31F3N2O4. The third-order valence-electron chi connectivity index (χ3n) is 7.38. The molecule has 4 rings (SSSR count). The maximum Gasteiger partial charge on any atom is 0.309 e. The largest absolute Gasteiger partial charge is 0.497 e. The summed E-state index contributed by atoms with van der Waals surface area (Å²) in [4.78, 5) is 18.9. The number of hydrogen-bond acceptors (Lipinski definition) is 5. The molecule has 3 aromatic rings. The van der Waals surface area contributed by atoms with Gasteiger partial charge in [0.15, 0.2) is 17.5 Å². The van der Waals surface area contributed by atoms with E-state index in [1.807, 2.05) is 31.3 Å². The minimum atomic E-state index is -1.53. The monoisotopic (exact) mass is 516 g/mol. The topological polar surface area (TPSA) is 71.9 Å². The van der Waals surface area contributed by atoms with Gasteiger partial charge in [0.1, 0.15) is 18.1 Å². The van der Waals surface area contributed by atoms with Crippen LogP contribution in [-0.4, -0.2) is 54.3 Å². The highest BCUT2D eigenvalue weighted by Gasteiger charge is 2.40. The van der Waals surface area contributed by atoms with E-state index in [-0.39, 0.29) is 12.4 Å². The second kappa shape index (κ2) is 11.4. The zero-order valence-corrected chi connectivity index (χ0v) is 21.0. The van der Waals surface area contributed by atoms with Crippen molar-refractivity contribution in [1.82, 2.24) is 9.88 Å². The number of piperidine rings is 1. The number of fused-ring (bicyclic) bond motifs is 1. The van der Waals surface area contributed by atoms with Crippen molar-refractivity contribution in [2.45, 2.75) is 39.0 Å². The van der Waals surface area contributed by atoms with Crippen molar-refractivity contribution in [2.24, 2.45) is 5.41 Å². The number of halogens is 3. The molecule has 0 unspecified atom stereocenters. The van der Waals surface area contributed by atoms with E-state index in [2.05, 4.69) is 9.88 Å². The number of likely N-dealkylation sites (tertiary alicyclic amines) is 1. The molecule has 0 spiro atoms. The Morgan fingerprint density at radius 1 is 1.11 bits per heavy atom. The van der Waals surface area contributed by atoms with E-state index >= 15 is 0 Å². The molecule has 0 saturated carbocycles. The van der Waals surface area contributed by atoms with Crippen molar-refractivity contribution in [3.63, 3.8) is 0 Å². The average molecular weight is 517 g/mol. The molecule has 37 heavy (non-hydrogen) atoms. The Balaban J connectivity index is 1.32. The molecule has 1 saturated heterocycles. The number of hydrogen-bond donors (Lipinski definition) is 1. The van der Waals surface area contributed by atoms with Crippen LogP contribution in [0.3, 0.4) is 0 Å². The summed E-state index contributed by atoms with van der Waals surface area (Å²) < 4.78 is 50.6. The maximum absolute atomic E-state index is 13.4. The van der Waals surface area contributed by atoms with Crippen molar-refractivity contribution < 1.29 is 32.5 Å². The molecule has 9 heteroatoms. The lowest BCUT2D eigenvalue weighted by Gasteiger charge is -2.39. The fourth-order valence-corrected chi connectivity index (χ4v) is 5.07. The highest BCUT2D eigenvalue weighted by molar-refractivity contribution is 5.84. The van der Waals surface area contributed by atoms with Gasteiger partial charge >= 0.3 is 5.97 Å². The van der Waals surface area contributed by atoms with Gasteiger partial charge in [0, 0.05) is 30.3 Å². The number of pyridine rings is 1. The van der Waals surface area contributed by atoms with E-state index in [0.29, 0.717) is 38.9 Å². The first-order valence-corrected chi connectivity index (χ1v) is 12.4. The Kier molecular flexibility index (Phi) is 8.22. The highest BCUT2D eigenvalue weighted by atomic mass is 19.2. The van der Waals surface area contributed by atoms with Gasteiger partial charge in [-0.15, -0.1) is 0 Å². The number of rotatable bonds is 10. The number of methoxy groups -OCH3 is 1. The summed E-state index contributed by atoms with van der Waals surface area (Å²) in [5.41, 5.74) is 2.32. The molecule has 0 radical (unpaired) electrons. The van der Waals surface area contributed by atoms with E-state index in [0.717, 1.165) is 52.8 Å². The number of carboxylic acids is 1. The van der Waals surface area contributed by atoms with Crippen LogP contribution in [0.4, 0.5) is 13.2 Å². The Labute approximate surface area is 214 Å². The van der Waals surface area contributed by atoms with E-state index < -0.39 is 28.8 Å². The van der Waals surface area contributed by atoms with Crippen LogP contribution in [0.15, 0.2) is 36.5 Å². The normalized spacial score (nSPS) is 15.6. The molecule has 6 nitrogen and oxygen atoms in total. The van der Waals surface area contributed by atoms with Crippen LogP contribution >= 0.6 is 0 Å². The van der Waals surface area contributed by atoms with Crippen molar-refractivity contribution in [2.75, 3.05) is 33.4 Å². The smallest absolute Gasteiger partial charge is 0.309 e. The maximum atomic E-state index is 13.4. The first-order chi connectivity index (χ1) is 17.7. The summed E-state index contributed by atoms with van der Waals surface area (Å²) in [6.07, 6.45) is 4.90. The van der Waals surface area contributed by atoms with Crippen molar-refractivity contribution in [3.05, 3.63) is 65.1 Å². The van der Waals surface area contributed by atoms with Gasteiger partial charge in [-0.05, 0) is 81.4 Å². The Morgan fingerprint density at radius 3 is 2.46 bits per heavy atom. The zero-order valence-electron chi connectivity index (χ0n) is 21.0. The first kappa shape index (κ1) is 26.7. The van der Waals surface area contributed by atoms with Crippen LogP contribution in [0.25, 0.3) is 10.9 Å². The minimum absolute atomic E-state index is 0.0789. The fraction of sp³-hybridized carbons (Fsp3) is 0.429. The third kappa shape index (κ3) is 5.98. The van der Waals surface area contributed by atoms with Gasteiger partial charge in [0.25, 0.3) is 0 Å². The number of ether oxygens (including phenoxy) is 2. The molecule has 1 aliphatic heterocycles. The van der Waals surface area contributed by atoms with Gasteiger partial charge in [0.2, 0.25) is 0 Å². The summed E-state index contributed by atoms with van der Waals surface area (Å²) >= 11 is 0. The number of nitrogens with zero attached hydrogens (tertiary/aromatic N) is 2. The lowest BCUT2D eigenvalue weighted by molar-refractivity contribution is -0.152. The van der Waals surface area contributed by atoms with E-state index in [4.69, 9.17) is 9.47 Å². The molecule has 0 atom stereocenters. The van der Waals surface area contributed by atoms with Crippen LogP contribution in [0.5, 0.6) is 11.5 Å². The fourth-order valence-electron chi connectivity index (χ4n) is 5.07. The van der Waals surface area contributed by atoms with Gasteiger partial charge in [-0.25, -0.2) is 13.2 Å². The van der Waals surface area contributed by atoms with Crippen LogP contribution in [-0.2, 0) is 11.2 Å². The van der Waals surface area contributed by atoms with Gasteiger partial charge in [0.05, 0.1) is 18.0 Å². The second-order valence-electron chi connectivity index (χ2n) is 9.63. The van der Waals surface area contributed by atoms with Crippen LogP contribution in [0.2, 0.25) is 0 Å². The van der Waals surface area contributed by atoms with E-state index in [9.17, 15) is 23.1 Å². The molecule has 2 aromatic carbocycles. The van der Waals surface area contributed by atoms with E-state index in [1.165, 1.54) is 0 Å². The van der Waals surface area contributed by atoms with Gasteiger partial charge in [-0.1, -0.05) is 0 Å².